The number of halogens is 5. The Morgan fingerprint density at radius 1 is 1.06 bits per heavy atom. The number of fused-ring (bicyclic) bond motifs is 1. The largest absolute Gasteiger partial charge is 0.478 e. The minimum atomic E-state index is -4.63. The fourth-order valence-corrected chi connectivity index (χ4v) is 4.58. The Hall–Kier alpha value is -3.59. The Bertz CT molecular complexity index is 1510. The maximum atomic E-state index is 14.3. The fourth-order valence-electron chi connectivity index (χ4n) is 4.22. The zero-order chi connectivity index (χ0) is 25.7. The van der Waals surface area contributed by atoms with E-state index in [1.54, 1.807) is 0 Å². The normalized spacial score (nSPS) is 13.7. The summed E-state index contributed by atoms with van der Waals surface area (Å²) in [7, 11) is 1.41. The van der Waals surface area contributed by atoms with Crippen LogP contribution in [-0.2, 0) is 7.05 Å². The Kier molecular flexibility index (Phi) is 6.23. The Labute approximate surface area is 201 Å². The number of nitrogens with zero attached hydrogens (tertiary/aromatic N) is 1. The van der Waals surface area contributed by atoms with Gasteiger partial charge < -0.3 is 9.52 Å². The first-order valence-electron chi connectivity index (χ1n) is 10.4. The summed E-state index contributed by atoms with van der Waals surface area (Å²) in [5.41, 5.74) is 0.823. The summed E-state index contributed by atoms with van der Waals surface area (Å²) in [5.74, 6) is -6.08. The molecule has 0 saturated carbocycles. The van der Waals surface area contributed by atoms with Crippen LogP contribution >= 0.6 is 11.6 Å². The van der Waals surface area contributed by atoms with Crippen molar-refractivity contribution in [2.75, 3.05) is 0 Å². The molecule has 2 unspecified atom stereocenters. The van der Waals surface area contributed by atoms with E-state index in [9.17, 15) is 27.2 Å². The molecule has 1 aromatic heterocycles. The average molecular weight is 508 g/mol. The third kappa shape index (κ3) is 4.55. The summed E-state index contributed by atoms with van der Waals surface area (Å²) in [6.45, 7) is 1.40. The number of hydrogen-bond donors (Lipinski definition) is 1. The van der Waals surface area contributed by atoms with Crippen molar-refractivity contribution in [2.45, 2.75) is 24.9 Å². The standard InChI is InChI=1S/C25H18ClF4NO4/c1-12(22(25(28,29)30)15-5-8-21-20(11-15)31(2)24(34)35-21)16-6-3-14(10-18(16)26)13-4-7-19(27)17(9-13)23(32)33/h3-12,22H,1-2H3,(H,32,33). The molecule has 1 heterocycles. The smallest absolute Gasteiger partial charge is 0.419 e. The molecule has 0 aliphatic carbocycles. The number of carbonyl (C=O) groups is 1. The minimum Gasteiger partial charge on any atom is -0.478 e. The van der Waals surface area contributed by atoms with Gasteiger partial charge in [-0.05, 0) is 58.5 Å². The van der Waals surface area contributed by atoms with Crippen molar-refractivity contribution >= 4 is 28.7 Å². The van der Waals surface area contributed by atoms with Gasteiger partial charge in [-0.15, -0.1) is 0 Å². The second kappa shape index (κ2) is 8.88. The van der Waals surface area contributed by atoms with Crippen LogP contribution in [-0.4, -0.2) is 21.8 Å². The molecular formula is C25H18ClF4NO4. The number of aromatic nitrogens is 1. The molecule has 5 nitrogen and oxygen atoms in total. The van der Waals surface area contributed by atoms with Gasteiger partial charge in [0.25, 0.3) is 0 Å². The number of benzene rings is 3. The lowest BCUT2D eigenvalue weighted by Crippen LogP contribution is -2.26. The number of oxazole rings is 1. The van der Waals surface area contributed by atoms with Gasteiger partial charge in [0.1, 0.15) is 5.82 Å². The van der Waals surface area contributed by atoms with E-state index in [4.69, 9.17) is 21.1 Å². The molecule has 0 saturated heterocycles. The molecule has 35 heavy (non-hydrogen) atoms. The van der Waals surface area contributed by atoms with Gasteiger partial charge in [0.05, 0.1) is 17.0 Å². The third-order valence-electron chi connectivity index (χ3n) is 6.05. The second-order valence-corrected chi connectivity index (χ2v) is 8.61. The highest BCUT2D eigenvalue weighted by atomic mass is 35.5. The first kappa shape index (κ1) is 24.5. The summed E-state index contributed by atoms with van der Waals surface area (Å²) in [6, 6.07) is 11.7. The third-order valence-corrected chi connectivity index (χ3v) is 6.38. The fraction of sp³-hybridized carbons (Fsp3) is 0.200. The van der Waals surface area contributed by atoms with Gasteiger partial charge in [0, 0.05) is 12.1 Å². The summed E-state index contributed by atoms with van der Waals surface area (Å²) >= 11 is 6.39. The van der Waals surface area contributed by atoms with Gasteiger partial charge >= 0.3 is 17.9 Å². The van der Waals surface area contributed by atoms with Gasteiger partial charge in [-0.25, -0.2) is 14.0 Å². The molecule has 0 bridgehead atoms. The minimum absolute atomic E-state index is 0.0437. The van der Waals surface area contributed by atoms with Crippen LogP contribution in [0.2, 0.25) is 5.02 Å². The van der Waals surface area contributed by atoms with Crippen molar-refractivity contribution in [1.29, 1.82) is 0 Å². The van der Waals surface area contributed by atoms with Crippen molar-refractivity contribution < 1.29 is 31.9 Å². The topological polar surface area (TPSA) is 72.4 Å². The molecular weight excluding hydrogens is 490 g/mol. The van der Waals surface area contributed by atoms with Gasteiger partial charge in [-0.2, -0.15) is 13.2 Å². The van der Waals surface area contributed by atoms with Crippen molar-refractivity contribution in [3.63, 3.8) is 0 Å². The zero-order valence-corrected chi connectivity index (χ0v) is 19.1. The highest BCUT2D eigenvalue weighted by Crippen LogP contribution is 2.47. The van der Waals surface area contributed by atoms with Crippen LogP contribution in [0.25, 0.3) is 22.2 Å². The summed E-state index contributed by atoms with van der Waals surface area (Å²) in [4.78, 5) is 23.0. The molecule has 4 rings (SSSR count). The molecule has 182 valence electrons. The molecule has 0 fully saturated rings. The summed E-state index contributed by atoms with van der Waals surface area (Å²) < 4.78 is 62.6. The highest BCUT2D eigenvalue weighted by molar-refractivity contribution is 6.31. The molecule has 0 aliphatic rings. The van der Waals surface area contributed by atoms with Crippen LogP contribution in [0.1, 0.15) is 40.2 Å². The monoisotopic (exact) mass is 507 g/mol. The van der Waals surface area contributed by atoms with E-state index in [2.05, 4.69) is 0 Å². The lowest BCUT2D eigenvalue weighted by Gasteiger charge is -2.28. The van der Waals surface area contributed by atoms with Crippen LogP contribution in [0.5, 0.6) is 0 Å². The number of hydrogen-bond acceptors (Lipinski definition) is 3. The Morgan fingerprint density at radius 2 is 1.71 bits per heavy atom. The van der Waals surface area contributed by atoms with Crippen molar-refractivity contribution in [3.8, 4) is 11.1 Å². The lowest BCUT2D eigenvalue weighted by atomic mass is 9.81. The molecule has 0 amide bonds. The van der Waals surface area contributed by atoms with E-state index in [0.717, 1.165) is 16.7 Å². The van der Waals surface area contributed by atoms with E-state index >= 15 is 0 Å². The van der Waals surface area contributed by atoms with Crippen LogP contribution in [0.3, 0.4) is 0 Å². The Balaban J connectivity index is 1.75. The lowest BCUT2D eigenvalue weighted by molar-refractivity contribution is -0.154. The number of aromatic carboxylic acids is 1. The predicted molar refractivity (Wildman–Crippen MR) is 122 cm³/mol. The molecule has 4 aromatic rings. The van der Waals surface area contributed by atoms with E-state index in [1.165, 1.54) is 56.4 Å². The van der Waals surface area contributed by atoms with Crippen molar-refractivity contribution in [1.82, 2.24) is 4.57 Å². The quantitative estimate of drug-likeness (QED) is 0.304. The highest BCUT2D eigenvalue weighted by Gasteiger charge is 2.45. The van der Waals surface area contributed by atoms with Gasteiger partial charge in [-0.3, -0.25) is 4.57 Å². The number of alkyl halides is 3. The van der Waals surface area contributed by atoms with Crippen molar-refractivity contribution in [2.24, 2.45) is 7.05 Å². The number of aryl methyl sites for hydroxylation is 1. The second-order valence-electron chi connectivity index (χ2n) is 8.20. The molecule has 1 N–H and O–H groups in total. The van der Waals surface area contributed by atoms with Crippen LogP contribution in [0.15, 0.2) is 63.8 Å². The summed E-state index contributed by atoms with van der Waals surface area (Å²) in [6.07, 6.45) is -4.63. The van der Waals surface area contributed by atoms with Gasteiger partial charge in [-0.1, -0.05) is 42.8 Å². The predicted octanol–water partition coefficient (Wildman–Crippen LogP) is 6.74. The first-order chi connectivity index (χ1) is 16.4. The molecule has 0 spiro atoms. The van der Waals surface area contributed by atoms with Crippen LogP contribution in [0.4, 0.5) is 17.6 Å². The SMILES string of the molecule is CC(c1ccc(-c2ccc(F)c(C(=O)O)c2)cc1Cl)C(c1ccc2oc(=O)n(C)c2c1)C(F)(F)F. The molecule has 2 atom stereocenters. The average Bonchev–Trinajstić information content (AvgIpc) is 3.06. The van der Waals surface area contributed by atoms with Gasteiger partial charge in [0.15, 0.2) is 5.58 Å². The molecule has 0 aliphatic heterocycles. The van der Waals surface area contributed by atoms with E-state index in [-0.39, 0.29) is 27.2 Å². The van der Waals surface area contributed by atoms with Crippen LogP contribution in [0, 0.1) is 5.82 Å². The number of carboxylic acids is 1. The zero-order valence-electron chi connectivity index (χ0n) is 18.4. The maximum Gasteiger partial charge on any atom is 0.419 e. The van der Waals surface area contributed by atoms with E-state index in [0.29, 0.717) is 11.1 Å². The van der Waals surface area contributed by atoms with E-state index < -0.39 is 41.1 Å². The number of rotatable bonds is 5. The molecule has 10 heteroatoms. The maximum absolute atomic E-state index is 14.3. The van der Waals surface area contributed by atoms with E-state index in [1.807, 2.05) is 0 Å². The number of carboxylic acid groups (broad SMARTS) is 1. The summed E-state index contributed by atoms with van der Waals surface area (Å²) in [5, 5.41) is 9.18. The van der Waals surface area contributed by atoms with Crippen molar-refractivity contribution in [3.05, 3.63) is 92.7 Å². The molecule has 3 aromatic carbocycles. The Morgan fingerprint density at radius 3 is 2.34 bits per heavy atom. The first-order valence-corrected chi connectivity index (χ1v) is 10.7. The molecule has 0 radical (unpaired) electrons. The van der Waals surface area contributed by atoms with Gasteiger partial charge in [0.2, 0.25) is 0 Å². The van der Waals surface area contributed by atoms with Crippen LogP contribution < -0.4 is 5.76 Å².